The number of H-pyrrole nitrogens is 1. The number of amides is 1. The van der Waals surface area contributed by atoms with E-state index >= 15 is 0 Å². The molecular formula is C13H15ClN8OS. The summed E-state index contributed by atoms with van der Waals surface area (Å²) in [6.45, 7) is 4.21. The summed E-state index contributed by atoms with van der Waals surface area (Å²) in [7, 11) is 0. The maximum absolute atomic E-state index is 12.0. The lowest BCUT2D eigenvalue weighted by Gasteiger charge is -2.06. The standard InChI is InChI=1S/C13H15ClN8OS/c1-6(2)3-8-21-22-13(24-8)18-7(23)4-15-10-9-11(17-5-16-9)20-12(14)19-10/h5-6H,3-4H2,1-2H3,(H,18,22,23)(H2,15,16,17,19,20). The topological polar surface area (TPSA) is 121 Å². The first kappa shape index (κ1) is 16.5. The number of nitrogens with one attached hydrogen (secondary N) is 3. The van der Waals surface area contributed by atoms with Crippen molar-refractivity contribution in [3.05, 3.63) is 16.6 Å². The van der Waals surface area contributed by atoms with E-state index in [2.05, 4.69) is 54.6 Å². The van der Waals surface area contributed by atoms with Crippen LogP contribution in [-0.4, -0.2) is 42.6 Å². The highest BCUT2D eigenvalue weighted by molar-refractivity contribution is 7.15. The van der Waals surface area contributed by atoms with E-state index in [1.54, 1.807) is 0 Å². The van der Waals surface area contributed by atoms with Crippen LogP contribution in [0.2, 0.25) is 5.28 Å². The third-order valence-electron chi connectivity index (χ3n) is 2.97. The number of carbonyl (C=O) groups excluding carboxylic acids is 1. The smallest absolute Gasteiger partial charge is 0.245 e. The summed E-state index contributed by atoms with van der Waals surface area (Å²) in [4.78, 5) is 27.0. The SMILES string of the molecule is CC(C)Cc1nnc(NC(=O)CNc2nc(Cl)nc3nc[nH]c23)s1. The molecular weight excluding hydrogens is 352 g/mol. The number of fused-ring (bicyclic) bond motifs is 1. The monoisotopic (exact) mass is 366 g/mol. The Morgan fingerprint density at radius 1 is 1.38 bits per heavy atom. The quantitative estimate of drug-likeness (QED) is 0.571. The number of rotatable bonds is 6. The van der Waals surface area contributed by atoms with Crippen molar-refractivity contribution >= 4 is 51.0 Å². The fraction of sp³-hybridized carbons (Fsp3) is 0.385. The molecule has 0 saturated carbocycles. The number of imidazole rings is 1. The van der Waals surface area contributed by atoms with E-state index in [0.29, 0.717) is 28.0 Å². The number of hydrogen-bond donors (Lipinski definition) is 3. The van der Waals surface area contributed by atoms with Gasteiger partial charge in [0.05, 0.1) is 12.9 Å². The zero-order chi connectivity index (χ0) is 17.1. The van der Waals surface area contributed by atoms with Crippen molar-refractivity contribution in [2.75, 3.05) is 17.2 Å². The van der Waals surface area contributed by atoms with Crippen LogP contribution in [0, 0.1) is 5.92 Å². The van der Waals surface area contributed by atoms with Gasteiger partial charge in [0.1, 0.15) is 10.5 Å². The normalized spacial score (nSPS) is 11.2. The highest BCUT2D eigenvalue weighted by Crippen LogP contribution is 2.19. The van der Waals surface area contributed by atoms with Crippen molar-refractivity contribution in [3.63, 3.8) is 0 Å². The first-order chi connectivity index (χ1) is 11.5. The maximum Gasteiger partial charge on any atom is 0.245 e. The minimum Gasteiger partial charge on any atom is -0.359 e. The van der Waals surface area contributed by atoms with Gasteiger partial charge in [0, 0.05) is 6.42 Å². The molecule has 0 unspecified atom stereocenters. The van der Waals surface area contributed by atoms with Gasteiger partial charge in [-0.15, -0.1) is 10.2 Å². The summed E-state index contributed by atoms with van der Waals surface area (Å²) in [5, 5.41) is 15.1. The average Bonchev–Trinajstić information content (AvgIpc) is 3.13. The lowest BCUT2D eigenvalue weighted by atomic mass is 10.1. The van der Waals surface area contributed by atoms with Gasteiger partial charge in [0.2, 0.25) is 16.3 Å². The molecule has 1 amide bonds. The molecule has 0 aliphatic heterocycles. The highest BCUT2D eigenvalue weighted by atomic mass is 35.5. The third kappa shape index (κ3) is 3.95. The van der Waals surface area contributed by atoms with E-state index in [0.717, 1.165) is 11.4 Å². The summed E-state index contributed by atoms with van der Waals surface area (Å²) in [6, 6.07) is 0. The lowest BCUT2D eigenvalue weighted by molar-refractivity contribution is -0.114. The molecule has 0 atom stereocenters. The summed E-state index contributed by atoms with van der Waals surface area (Å²) >= 11 is 7.21. The van der Waals surface area contributed by atoms with Crippen LogP contribution >= 0.6 is 22.9 Å². The molecule has 24 heavy (non-hydrogen) atoms. The van der Waals surface area contributed by atoms with Gasteiger partial charge >= 0.3 is 0 Å². The molecule has 3 N–H and O–H groups in total. The zero-order valence-corrected chi connectivity index (χ0v) is 14.6. The Hall–Kier alpha value is -2.33. The minimum absolute atomic E-state index is 0.000552. The fourth-order valence-electron chi connectivity index (χ4n) is 2.00. The van der Waals surface area contributed by atoms with Gasteiger partial charge in [0.25, 0.3) is 0 Å². The summed E-state index contributed by atoms with van der Waals surface area (Å²) in [6.07, 6.45) is 2.32. The zero-order valence-electron chi connectivity index (χ0n) is 13.0. The van der Waals surface area contributed by atoms with Gasteiger partial charge in [-0.25, -0.2) is 4.98 Å². The molecule has 0 aliphatic carbocycles. The molecule has 0 saturated heterocycles. The Bertz CT molecular complexity index is 861. The summed E-state index contributed by atoms with van der Waals surface area (Å²) < 4.78 is 0. The molecule has 126 valence electrons. The second kappa shape index (κ2) is 7.05. The van der Waals surface area contributed by atoms with Crippen LogP contribution in [0.1, 0.15) is 18.9 Å². The second-order valence-corrected chi connectivity index (χ2v) is 6.84. The Kier molecular flexibility index (Phi) is 4.86. The minimum atomic E-state index is -0.260. The van der Waals surface area contributed by atoms with Crippen LogP contribution in [0.15, 0.2) is 6.33 Å². The van der Waals surface area contributed by atoms with E-state index < -0.39 is 0 Å². The number of anilines is 2. The van der Waals surface area contributed by atoms with Crippen LogP contribution < -0.4 is 10.6 Å². The molecule has 0 aromatic carbocycles. The van der Waals surface area contributed by atoms with Crippen molar-refractivity contribution < 1.29 is 4.79 Å². The number of aromatic amines is 1. The molecule has 0 bridgehead atoms. The highest BCUT2D eigenvalue weighted by Gasteiger charge is 2.12. The van der Waals surface area contributed by atoms with Gasteiger partial charge in [-0.05, 0) is 17.5 Å². The first-order valence-electron chi connectivity index (χ1n) is 7.24. The van der Waals surface area contributed by atoms with Crippen LogP contribution in [0.5, 0.6) is 0 Å². The maximum atomic E-state index is 12.0. The number of hydrogen-bond acceptors (Lipinski definition) is 8. The van der Waals surface area contributed by atoms with Crippen molar-refractivity contribution in [2.45, 2.75) is 20.3 Å². The Morgan fingerprint density at radius 2 is 2.21 bits per heavy atom. The predicted octanol–water partition coefficient (Wildman–Crippen LogP) is 2.11. The molecule has 0 fully saturated rings. The second-order valence-electron chi connectivity index (χ2n) is 5.44. The Labute approximate surface area is 146 Å². The first-order valence-corrected chi connectivity index (χ1v) is 8.43. The molecule has 9 nitrogen and oxygen atoms in total. The largest absolute Gasteiger partial charge is 0.359 e. The van der Waals surface area contributed by atoms with Crippen molar-refractivity contribution in [1.82, 2.24) is 30.1 Å². The summed E-state index contributed by atoms with van der Waals surface area (Å²) in [5.74, 6) is 0.641. The van der Waals surface area contributed by atoms with Gasteiger partial charge in [-0.1, -0.05) is 25.2 Å². The third-order valence-corrected chi connectivity index (χ3v) is 4.00. The number of nitrogens with zero attached hydrogens (tertiary/aromatic N) is 5. The summed E-state index contributed by atoms with van der Waals surface area (Å²) in [5.41, 5.74) is 1.02. The Morgan fingerprint density at radius 3 is 3.00 bits per heavy atom. The Balaban J connectivity index is 1.61. The number of aromatic nitrogens is 6. The molecule has 3 aromatic heterocycles. The molecule has 0 spiro atoms. The van der Waals surface area contributed by atoms with Crippen LogP contribution in [0.4, 0.5) is 10.9 Å². The van der Waals surface area contributed by atoms with Gasteiger partial charge in [-0.3, -0.25) is 10.1 Å². The molecule has 3 heterocycles. The fourth-order valence-corrected chi connectivity index (χ4v) is 3.13. The van der Waals surface area contributed by atoms with E-state index in [1.165, 1.54) is 17.7 Å². The van der Waals surface area contributed by atoms with E-state index in [9.17, 15) is 4.79 Å². The molecule has 0 aliphatic rings. The molecule has 11 heteroatoms. The van der Waals surface area contributed by atoms with Crippen molar-refractivity contribution in [3.8, 4) is 0 Å². The van der Waals surface area contributed by atoms with Gasteiger partial charge in [-0.2, -0.15) is 9.97 Å². The lowest BCUT2D eigenvalue weighted by Crippen LogP contribution is -2.22. The van der Waals surface area contributed by atoms with E-state index in [1.807, 2.05) is 0 Å². The molecule has 3 aromatic rings. The van der Waals surface area contributed by atoms with Crippen molar-refractivity contribution in [1.29, 1.82) is 0 Å². The van der Waals surface area contributed by atoms with Crippen LogP contribution in [0.25, 0.3) is 11.2 Å². The van der Waals surface area contributed by atoms with Crippen LogP contribution in [-0.2, 0) is 11.2 Å². The average molecular weight is 367 g/mol. The van der Waals surface area contributed by atoms with Crippen LogP contribution in [0.3, 0.4) is 0 Å². The van der Waals surface area contributed by atoms with Gasteiger partial charge < -0.3 is 10.3 Å². The predicted molar refractivity (Wildman–Crippen MR) is 92.3 cm³/mol. The van der Waals surface area contributed by atoms with Crippen molar-refractivity contribution in [2.24, 2.45) is 5.92 Å². The van der Waals surface area contributed by atoms with Gasteiger partial charge in [0.15, 0.2) is 11.5 Å². The van der Waals surface area contributed by atoms with E-state index in [4.69, 9.17) is 11.6 Å². The molecule has 3 rings (SSSR count). The number of carbonyl (C=O) groups is 1. The van der Waals surface area contributed by atoms with E-state index in [-0.39, 0.29) is 17.7 Å². The molecule has 0 radical (unpaired) electrons. The number of halogens is 1.